The third kappa shape index (κ3) is 7.94. The number of hydrogen-bond donors (Lipinski definition) is 1. The summed E-state index contributed by atoms with van der Waals surface area (Å²) in [5.74, 6) is -0.463. The normalized spacial score (nSPS) is 18.0. The summed E-state index contributed by atoms with van der Waals surface area (Å²) in [4.78, 5) is 15.5. The summed E-state index contributed by atoms with van der Waals surface area (Å²) >= 11 is 19.1. The van der Waals surface area contributed by atoms with Crippen molar-refractivity contribution in [3.63, 3.8) is 0 Å². The van der Waals surface area contributed by atoms with Gasteiger partial charge < -0.3 is 19.4 Å². The van der Waals surface area contributed by atoms with Crippen LogP contribution in [0.2, 0.25) is 33.2 Å². The molecule has 0 atom stereocenters. The number of ether oxygens (including phenoxy) is 1. The number of halogens is 3. The van der Waals surface area contributed by atoms with Crippen molar-refractivity contribution in [1.82, 2.24) is 0 Å². The quantitative estimate of drug-likeness (QED) is 0.219. The lowest BCUT2D eigenvalue weighted by Crippen LogP contribution is -2.42. The standard InChI is InChI=1S/C29H40Cl3N3O5SSi/c1-29(2,3)42(4,5)40-13-12-39-24-7-10-34(11-8-24)22-16-20(30)15-21(17-22)33-28(36)25-18-23(19-26(31)27(25)32)35-9-6-14-41(35,37)38/h15-19,24H,6-14H2,1-5H3,(H,33,36). The third-order valence-electron chi connectivity index (χ3n) is 8.30. The Bertz CT molecular complexity index is 1410. The van der Waals surface area contributed by atoms with Gasteiger partial charge in [0, 0.05) is 36.0 Å². The fourth-order valence-corrected chi connectivity index (χ4v) is 8.06. The Labute approximate surface area is 265 Å². The van der Waals surface area contributed by atoms with E-state index in [1.807, 2.05) is 12.1 Å². The number of nitrogens with zero attached hydrogens (tertiary/aromatic N) is 2. The van der Waals surface area contributed by atoms with E-state index in [9.17, 15) is 13.2 Å². The largest absolute Gasteiger partial charge is 0.414 e. The molecule has 232 valence electrons. The Balaban J connectivity index is 1.37. The first kappa shape index (κ1) is 33.4. The molecule has 0 radical (unpaired) electrons. The van der Waals surface area contributed by atoms with E-state index >= 15 is 0 Å². The number of rotatable bonds is 9. The van der Waals surface area contributed by atoms with Gasteiger partial charge >= 0.3 is 0 Å². The molecule has 0 spiro atoms. The van der Waals surface area contributed by atoms with E-state index in [-0.39, 0.29) is 32.5 Å². The van der Waals surface area contributed by atoms with E-state index < -0.39 is 24.2 Å². The minimum atomic E-state index is -3.45. The minimum absolute atomic E-state index is 0.0496. The molecule has 2 heterocycles. The summed E-state index contributed by atoms with van der Waals surface area (Å²) in [7, 11) is -5.24. The number of carbonyl (C=O) groups excluding carboxylic acids is 1. The van der Waals surface area contributed by atoms with Crippen molar-refractivity contribution in [1.29, 1.82) is 0 Å². The van der Waals surface area contributed by atoms with Crippen molar-refractivity contribution < 1.29 is 22.4 Å². The van der Waals surface area contributed by atoms with E-state index in [0.717, 1.165) is 31.6 Å². The van der Waals surface area contributed by atoms with Crippen LogP contribution in [0, 0.1) is 0 Å². The van der Waals surface area contributed by atoms with Crippen molar-refractivity contribution in [2.24, 2.45) is 0 Å². The van der Waals surface area contributed by atoms with Crippen LogP contribution in [0.3, 0.4) is 0 Å². The van der Waals surface area contributed by atoms with Gasteiger partial charge in [-0.3, -0.25) is 9.10 Å². The highest BCUT2D eigenvalue weighted by molar-refractivity contribution is 7.93. The van der Waals surface area contributed by atoms with E-state index in [0.29, 0.717) is 42.6 Å². The van der Waals surface area contributed by atoms with E-state index in [2.05, 4.69) is 44.1 Å². The summed E-state index contributed by atoms with van der Waals surface area (Å²) in [6.45, 7) is 14.3. The molecule has 2 saturated heterocycles. The van der Waals surface area contributed by atoms with Crippen LogP contribution in [0.25, 0.3) is 0 Å². The monoisotopic (exact) mass is 675 g/mol. The lowest BCUT2D eigenvalue weighted by molar-refractivity contribution is 0.0180. The molecule has 0 bridgehead atoms. The Morgan fingerprint density at radius 2 is 1.69 bits per heavy atom. The highest BCUT2D eigenvalue weighted by atomic mass is 35.5. The summed E-state index contributed by atoms with van der Waals surface area (Å²) in [6, 6.07) is 8.32. The van der Waals surface area contributed by atoms with Gasteiger partial charge in [-0.05, 0) is 67.7 Å². The molecule has 2 aliphatic rings. The highest BCUT2D eigenvalue weighted by Crippen LogP contribution is 2.37. The van der Waals surface area contributed by atoms with Crippen LogP contribution in [-0.2, 0) is 19.2 Å². The molecule has 8 nitrogen and oxygen atoms in total. The van der Waals surface area contributed by atoms with Crippen LogP contribution in [0.5, 0.6) is 0 Å². The Morgan fingerprint density at radius 1 is 1.00 bits per heavy atom. The van der Waals surface area contributed by atoms with Crippen LogP contribution in [0.1, 0.15) is 50.4 Å². The second kappa shape index (κ2) is 13.2. The van der Waals surface area contributed by atoms with Gasteiger partial charge in [-0.15, -0.1) is 0 Å². The molecule has 1 N–H and O–H groups in total. The molecule has 2 aromatic carbocycles. The Morgan fingerprint density at radius 3 is 2.31 bits per heavy atom. The number of carbonyl (C=O) groups is 1. The number of hydrogen-bond acceptors (Lipinski definition) is 6. The van der Waals surface area contributed by atoms with Gasteiger partial charge in [-0.2, -0.15) is 0 Å². The van der Waals surface area contributed by atoms with Crippen molar-refractivity contribution in [3.05, 3.63) is 51.0 Å². The average molecular weight is 677 g/mol. The molecule has 42 heavy (non-hydrogen) atoms. The van der Waals surface area contributed by atoms with Crippen molar-refractivity contribution >= 4 is 76.1 Å². The van der Waals surface area contributed by atoms with Crippen molar-refractivity contribution in [3.8, 4) is 0 Å². The number of sulfonamides is 1. The molecule has 2 aliphatic heterocycles. The Kier molecular flexibility index (Phi) is 10.5. The highest BCUT2D eigenvalue weighted by Gasteiger charge is 2.37. The fraction of sp³-hybridized carbons (Fsp3) is 0.552. The maximum Gasteiger partial charge on any atom is 0.257 e. The van der Waals surface area contributed by atoms with Crippen LogP contribution in [0.4, 0.5) is 17.1 Å². The molecule has 0 aliphatic carbocycles. The third-order valence-corrected chi connectivity index (χ3v) is 15.7. The zero-order chi connectivity index (χ0) is 30.9. The van der Waals surface area contributed by atoms with Gasteiger partial charge in [0.05, 0.1) is 46.4 Å². The van der Waals surface area contributed by atoms with Crippen LogP contribution >= 0.6 is 34.8 Å². The summed E-state index contributed by atoms with van der Waals surface area (Å²) in [5.41, 5.74) is 1.78. The lowest BCUT2D eigenvalue weighted by Gasteiger charge is -2.37. The second-order valence-corrected chi connectivity index (χ2v) is 20.4. The zero-order valence-electron chi connectivity index (χ0n) is 24.8. The van der Waals surface area contributed by atoms with Crippen LogP contribution in [0.15, 0.2) is 30.3 Å². The summed E-state index contributed by atoms with van der Waals surface area (Å²) in [6.07, 6.45) is 2.41. The molecular weight excluding hydrogens is 637 g/mol. The zero-order valence-corrected chi connectivity index (χ0v) is 28.9. The number of amides is 1. The van der Waals surface area contributed by atoms with Gasteiger partial charge in [0.25, 0.3) is 5.91 Å². The van der Waals surface area contributed by atoms with Gasteiger partial charge in [0.1, 0.15) is 0 Å². The predicted molar refractivity (Wildman–Crippen MR) is 176 cm³/mol. The van der Waals surface area contributed by atoms with Crippen LogP contribution < -0.4 is 14.5 Å². The minimum Gasteiger partial charge on any atom is -0.414 e. The fourth-order valence-electron chi connectivity index (χ4n) is 4.85. The molecule has 0 unspecified atom stereocenters. The molecule has 4 rings (SSSR count). The number of anilines is 3. The second-order valence-electron chi connectivity index (χ2n) is 12.3. The summed E-state index contributed by atoms with van der Waals surface area (Å²) < 4.78 is 38.5. The van der Waals surface area contributed by atoms with Crippen molar-refractivity contribution in [2.75, 3.05) is 53.1 Å². The van der Waals surface area contributed by atoms with Gasteiger partial charge in [0.2, 0.25) is 10.0 Å². The summed E-state index contributed by atoms with van der Waals surface area (Å²) in [5, 5.41) is 3.66. The molecule has 2 fully saturated rings. The number of piperidine rings is 1. The van der Waals surface area contributed by atoms with Crippen molar-refractivity contribution in [2.45, 2.75) is 64.3 Å². The van der Waals surface area contributed by atoms with E-state index in [1.54, 1.807) is 6.07 Å². The maximum absolute atomic E-state index is 13.3. The average Bonchev–Trinajstić information content (AvgIpc) is 3.26. The van der Waals surface area contributed by atoms with Crippen LogP contribution in [-0.4, -0.2) is 67.3 Å². The predicted octanol–water partition coefficient (Wildman–Crippen LogP) is 7.45. The molecular formula is C29H40Cl3N3O5SSi. The molecule has 0 saturated carbocycles. The maximum atomic E-state index is 13.3. The lowest BCUT2D eigenvalue weighted by atomic mass is 10.1. The Hall–Kier alpha value is -1.53. The smallest absolute Gasteiger partial charge is 0.257 e. The number of nitrogens with one attached hydrogen (secondary N) is 1. The SMILES string of the molecule is CC(C)(C)[Si](C)(C)OCCOC1CCN(c2cc(Cl)cc(NC(=O)c3cc(N4CCCS4(=O)=O)cc(Cl)c3Cl)c2)CC1. The van der Waals surface area contributed by atoms with Gasteiger partial charge in [-0.25, -0.2) is 8.42 Å². The molecule has 2 aromatic rings. The number of benzene rings is 2. The first-order valence-electron chi connectivity index (χ1n) is 14.2. The topological polar surface area (TPSA) is 88.2 Å². The first-order valence-corrected chi connectivity index (χ1v) is 19.8. The molecule has 1 amide bonds. The molecule has 0 aromatic heterocycles. The first-order chi connectivity index (χ1) is 19.6. The van der Waals surface area contributed by atoms with Gasteiger partial charge in [-0.1, -0.05) is 55.6 Å². The van der Waals surface area contributed by atoms with Gasteiger partial charge in [0.15, 0.2) is 8.32 Å². The van der Waals surface area contributed by atoms with E-state index in [4.69, 9.17) is 44.0 Å². The van der Waals surface area contributed by atoms with E-state index in [1.165, 1.54) is 16.4 Å². The molecule has 13 heteroatoms.